The molecule has 0 aliphatic carbocycles. The van der Waals surface area contributed by atoms with E-state index in [0.717, 1.165) is 0 Å². The summed E-state index contributed by atoms with van der Waals surface area (Å²) in [6.07, 6.45) is -0.732. The first-order chi connectivity index (χ1) is 15.6. The molecule has 0 spiro atoms. The van der Waals surface area contributed by atoms with E-state index in [-0.39, 0.29) is 36.3 Å². The van der Waals surface area contributed by atoms with E-state index in [9.17, 15) is 22.8 Å². The number of amides is 2. The molecule has 3 heterocycles. The molecule has 4 rings (SSSR count). The van der Waals surface area contributed by atoms with Crippen molar-refractivity contribution in [1.29, 1.82) is 0 Å². The summed E-state index contributed by atoms with van der Waals surface area (Å²) in [4.78, 5) is 34.9. The number of hydrogen-bond donors (Lipinski definition) is 1. The smallest absolute Gasteiger partial charge is 0.448 e. The van der Waals surface area contributed by atoms with Crippen molar-refractivity contribution in [2.24, 2.45) is 0 Å². The number of nitrogens with zero attached hydrogens (tertiary/aromatic N) is 3. The lowest BCUT2D eigenvalue weighted by Gasteiger charge is -2.25. The Balaban J connectivity index is 1.52. The maximum absolute atomic E-state index is 13.0. The number of aromatic nitrogens is 2. The van der Waals surface area contributed by atoms with E-state index in [1.807, 2.05) is 0 Å². The summed E-state index contributed by atoms with van der Waals surface area (Å²) >= 11 is 0. The third-order valence-electron chi connectivity index (χ3n) is 5.33. The van der Waals surface area contributed by atoms with Gasteiger partial charge >= 0.3 is 6.36 Å². The highest BCUT2D eigenvalue weighted by molar-refractivity contribution is 6.01. The van der Waals surface area contributed by atoms with Crippen molar-refractivity contribution < 1.29 is 31.9 Å². The number of halogens is 3. The molecule has 2 amide bonds. The van der Waals surface area contributed by atoms with Crippen LogP contribution in [0, 0.1) is 6.92 Å². The van der Waals surface area contributed by atoms with Gasteiger partial charge < -0.3 is 19.4 Å². The second-order valence-corrected chi connectivity index (χ2v) is 7.56. The Hall–Kier alpha value is -3.89. The van der Waals surface area contributed by atoms with Crippen molar-refractivity contribution in [3.63, 3.8) is 0 Å². The molecule has 1 aliphatic rings. The fourth-order valence-electron chi connectivity index (χ4n) is 3.69. The second-order valence-electron chi connectivity index (χ2n) is 7.56. The molecule has 11 heteroatoms. The summed E-state index contributed by atoms with van der Waals surface area (Å²) in [7, 11) is 0. The van der Waals surface area contributed by atoms with E-state index in [1.54, 1.807) is 24.0 Å². The zero-order valence-electron chi connectivity index (χ0n) is 17.6. The third kappa shape index (κ3) is 4.81. The van der Waals surface area contributed by atoms with Crippen LogP contribution in [0.2, 0.25) is 0 Å². The summed E-state index contributed by atoms with van der Waals surface area (Å²) in [6.45, 7) is 3.46. The largest absolute Gasteiger partial charge is 0.573 e. The van der Waals surface area contributed by atoms with E-state index in [4.69, 9.17) is 4.42 Å². The highest BCUT2D eigenvalue weighted by Gasteiger charge is 2.35. The van der Waals surface area contributed by atoms with E-state index < -0.39 is 12.4 Å². The minimum atomic E-state index is -4.79. The van der Waals surface area contributed by atoms with Gasteiger partial charge in [0, 0.05) is 17.3 Å². The SMILES string of the molecule is Cc1cc(C(C)N2Cc3c(ccnc3NC(=O)Cc3cnco3)C2=O)ccc1OC(F)(F)F. The van der Waals surface area contributed by atoms with Gasteiger partial charge in [0.15, 0.2) is 6.39 Å². The Bertz CT molecular complexity index is 1190. The van der Waals surface area contributed by atoms with E-state index >= 15 is 0 Å². The molecule has 0 saturated heterocycles. The van der Waals surface area contributed by atoms with Crippen LogP contribution in [0.4, 0.5) is 19.0 Å². The van der Waals surface area contributed by atoms with E-state index in [2.05, 4.69) is 20.0 Å². The van der Waals surface area contributed by atoms with Gasteiger partial charge in [0.25, 0.3) is 5.91 Å². The number of oxazole rings is 1. The van der Waals surface area contributed by atoms with Crippen LogP contribution in [0.25, 0.3) is 0 Å². The van der Waals surface area contributed by atoms with Crippen LogP contribution < -0.4 is 10.1 Å². The molecule has 0 bridgehead atoms. The second kappa shape index (κ2) is 8.57. The lowest BCUT2D eigenvalue weighted by molar-refractivity contribution is -0.274. The number of carbonyl (C=O) groups excluding carboxylic acids is 2. The van der Waals surface area contributed by atoms with Crippen molar-refractivity contribution in [3.05, 3.63) is 71.1 Å². The molecule has 0 fully saturated rings. The molecule has 1 aromatic carbocycles. The van der Waals surface area contributed by atoms with Gasteiger partial charge in [-0.1, -0.05) is 12.1 Å². The van der Waals surface area contributed by atoms with Gasteiger partial charge in [-0.15, -0.1) is 13.2 Å². The molecule has 8 nitrogen and oxygen atoms in total. The number of anilines is 1. The minimum Gasteiger partial charge on any atom is -0.448 e. The van der Waals surface area contributed by atoms with Crippen molar-refractivity contribution in [2.75, 3.05) is 5.32 Å². The Labute approximate surface area is 186 Å². The lowest BCUT2D eigenvalue weighted by atomic mass is 10.0. The molecule has 1 atom stereocenters. The average Bonchev–Trinajstić information content (AvgIpc) is 3.36. The third-order valence-corrected chi connectivity index (χ3v) is 5.33. The van der Waals surface area contributed by atoms with Gasteiger partial charge in [0.1, 0.15) is 17.3 Å². The summed E-state index contributed by atoms with van der Waals surface area (Å²) in [6, 6.07) is 5.41. The number of pyridine rings is 1. The molecule has 0 saturated carbocycles. The number of hydrogen-bond acceptors (Lipinski definition) is 6. The van der Waals surface area contributed by atoms with Gasteiger partial charge in [0.05, 0.1) is 25.2 Å². The van der Waals surface area contributed by atoms with Crippen LogP contribution in [0.3, 0.4) is 0 Å². The van der Waals surface area contributed by atoms with Crippen molar-refractivity contribution in [3.8, 4) is 5.75 Å². The lowest BCUT2D eigenvalue weighted by Crippen LogP contribution is -2.27. The maximum Gasteiger partial charge on any atom is 0.573 e. The molecule has 1 aliphatic heterocycles. The van der Waals surface area contributed by atoms with Crippen LogP contribution >= 0.6 is 0 Å². The highest BCUT2D eigenvalue weighted by atomic mass is 19.4. The van der Waals surface area contributed by atoms with Crippen LogP contribution in [-0.2, 0) is 17.8 Å². The van der Waals surface area contributed by atoms with Gasteiger partial charge in [-0.05, 0) is 37.1 Å². The average molecular weight is 460 g/mol. The molecule has 1 unspecified atom stereocenters. The molecular weight excluding hydrogens is 441 g/mol. The number of alkyl halides is 3. The summed E-state index contributed by atoms with van der Waals surface area (Å²) < 4.78 is 46.7. The fourth-order valence-corrected chi connectivity index (χ4v) is 3.69. The number of fused-ring (bicyclic) bond motifs is 1. The molecular formula is C22H19F3N4O4. The summed E-state index contributed by atoms with van der Waals surface area (Å²) in [5, 5.41) is 2.70. The van der Waals surface area contributed by atoms with Crippen LogP contribution in [0.15, 0.2) is 47.5 Å². The minimum absolute atomic E-state index is 0.0367. The standard InChI is InChI=1S/C22H19F3N4O4/c1-12-7-14(3-4-18(12)33-22(23,24)25)13(2)29-10-17-16(21(29)31)5-6-27-20(17)28-19(30)8-15-9-26-11-32-15/h3-7,9,11,13H,8,10H2,1-2H3,(H,27,28,30). The molecule has 3 aromatic rings. The zero-order valence-corrected chi connectivity index (χ0v) is 17.6. The Kier molecular flexibility index (Phi) is 5.79. The maximum atomic E-state index is 13.0. The number of rotatable bonds is 6. The predicted molar refractivity (Wildman–Crippen MR) is 109 cm³/mol. The van der Waals surface area contributed by atoms with E-state index in [0.29, 0.717) is 28.0 Å². The zero-order chi connectivity index (χ0) is 23.8. The van der Waals surface area contributed by atoms with Gasteiger partial charge in [-0.3, -0.25) is 9.59 Å². The molecule has 1 N–H and O–H groups in total. The van der Waals surface area contributed by atoms with Gasteiger partial charge in [0.2, 0.25) is 5.91 Å². The van der Waals surface area contributed by atoms with E-state index in [1.165, 1.54) is 37.8 Å². The summed E-state index contributed by atoms with van der Waals surface area (Å²) in [5.41, 5.74) is 1.91. The molecule has 0 radical (unpaired) electrons. The van der Waals surface area contributed by atoms with Gasteiger partial charge in [-0.25, -0.2) is 9.97 Å². The predicted octanol–water partition coefficient (Wildman–Crippen LogP) is 4.17. The van der Waals surface area contributed by atoms with Crippen LogP contribution in [-0.4, -0.2) is 33.0 Å². The Morgan fingerprint density at radius 3 is 2.79 bits per heavy atom. The topological polar surface area (TPSA) is 97.6 Å². The quantitative estimate of drug-likeness (QED) is 0.593. The van der Waals surface area contributed by atoms with Crippen LogP contribution in [0.5, 0.6) is 5.75 Å². The van der Waals surface area contributed by atoms with Crippen LogP contribution in [0.1, 0.15) is 45.8 Å². The normalized spacial score (nSPS) is 14.2. The highest BCUT2D eigenvalue weighted by Crippen LogP contribution is 2.35. The Morgan fingerprint density at radius 1 is 1.33 bits per heavy atom. The van der Waals surface area contributed by atoms with Gasteiger partial charge in [-0.2, -0.15) is 0 Å². The molecule has 2 aromatic heterocycles. The van der Waals surface area contributed by atoms with Crippen molar-refractivity contribution in [2.45, 2.75) is 39.2 Å². The first kappa shape index (κ1) is 22.3. The molecule has 172 valence electrons. The van der Waals surface area contributed by atoms with Crippen molar-refractivity contribution >= 4 is 17.6 Å². The van der Waals surface area contributed by atoms with Crippen molar-refractivity contribution in [1.82, 2.24) is 14.9 Å². The fraction of sp³-hybridized carbons (Fsp3) is 0.273. The number of nitrogens with one attached hydrogen (secondary N) is 1. The molecule has 33 heavy (non-hydrogen) atoms. The first-order valence-corrected chi connectivity index (χ1v) is 9.94. The number of benzene rings is 1. The number of ether oxygens (including phenoxy) is 1. The monoisotopic (exact) mass is 460 g/mol. The summed E-state index contributed by atoms with van der Waals surface area (Å²) in [5.74, 6) is -0.276. The first-order valence-electron chi connectivity index (χ1n) is 9.94. The number of aryl methyl sites for hydroxylation is 1. The number of carbonyl (C=O) groups is 2. The Morgan fingerprint density at radius 2 is 2.12 bits per heavy atom.